The van der Waals surface area contributed by atoms with Crippen molar-refractivity contribution in [3.63, 3.8) is 0 Å². The molecule has 1 aromatic rings. The summed E-state index contributed by atoms with van der Waals surface area (Å²) in [5, 5.41) is 7.68. The predicted octanol–water partition coefficient (Wildman–Crippen LogP) is 3.22. The minimum atomic E-state index is -0.00919. The van der Waals surface area contributed by atoms with E-state index in [9.17, 15) is 4.79 Å². The number of aliphatic imine (C=N–C) groups is 1. The van der Waals surface area contributed by atoms with Gasteiger partial charge < -0.3 is 15.5 Å². The predicted molar refractivity (Wildman–Crippen MR) is 128 cm³/mol. The molecule has 0 aliphatic carbocycles. The molecule has 28 heavy (non-hydrogen) atoms. The van der Waals surface area contributed by atoms with Crippen molar-refractivity contribution in [3.8, 4) is 0 Å². The maximum absolute atomic E-state index is 11.9. The van der Waals surface area contributed by atoms with E-state index in [1.165, 1.54) is 12.8 Å². The summed E-state index contributed by atoms with van der Waals surface area (Å²) in [6.07, 6.45) is 2.40. The molecular formula is C19H30Cl2IN5O. The number of hydrogen-bond acceptors (Lipinski definition) is 3. The number of hydrogen-bond donors (Lipinski definition) is 2. The second-order valence-corrected chi connectivity index (χ2v) is 7.69. The molecule has 9 heteroatoms. The minimum Gasteiger partial charge on any atom is -0.355 e. The fourth-order valence-electron chi connectivity index (χ4n) is 3.06. The monoisotopic (exact) mass is 541 g/mol. The number of likely N-dealkylation sites (N-methyl/N-ethyl adjacent to an activating group) is 2. The number of likely N-dealkylation sites (tertiary alicyclic amines) is 1. The van der Waals surface area contributed by atoms with Crippen LogP contribution in [0, 0.1) is 0 Å². The second-order valence-electron chi connectivity index (χ2n) is 6.85. The van der Waals surface area contributed by atoms with Crippen LogP contribution in [0.2, 0.25) is 10.0 Å². The first-order chi connectivity index (χ1) is 12.9. The molecule has 1 amide bonds. The van der Waals surface area contributed by atoms with Crippen LogP contribution in [-0.4, -0.2) is 68.0 Å². The number of guanidine groups is 1. The molecule has 0 bridgehead atoms. The zero-order valence-corrected chi connectivity index (χ0v) is 20.5. The summed E-state index contributed by atoms with van der Waals surface area (Å²) in [6, 6.07) is 5.87. The smallest absolute Gasteiger partial charge is 0.241 e. The molecule has 6 nitrogen and oxygen atoms in total. The zero-order valence-electron chi connectivity index (χ0n) is 16.7. The summed E-state index contributed by atoms with van der Waals surface area (Å²) in [6.45, 7) is 5.76. The number of carbonyl (C=O) groups excluding carboxylic acids is 1. The van der Waals surface area contributed by atoms with E-state index < -0.39 is 0 Å². The van der Waals surface area contributed by atoms with Crippen molar-refractivity contribution in [2.75, 3.05) is 40.3 Å². The van der Waals surface area contributed by atoms with E-state index in [-0.39, 0.29) is 36.4 Å². The van der Waals surface area contributed by atoms with Crippen LogP contribution >= 0.6 is 47.2 Å². The van der Waals surface area contributed by atoms with E-state index in [2.05, 4.69) is 27.4 Å². The number of halogens is 3. The summed E-state index contributed by atoms with van der Waals surface area (Å²) < 4.78 is 0. The lowest BCUT2D eigenvalue weighted by Gasteiger charge is -2.24. The fraction of sp³-hybridized carbons (Fsp3) is 0.579. The molecular weight excluding hydrogens is 512 g/mol. The third-order valence-corrected chi connectivity index (χ3v) is 5.33. The van der Waals surface area contributed by atoms with Crippen LogP contribution in [0.4, 0.5) is 0 Å². The topological polar surface area (TPSA) is 60.0 Å². The van der Waals surface area contributed by atoms with Gasteiger partial charge in [-0.05, 0) is 43.6 Å². The van der Waals surface area contributed by atoms with Crippen LogP contribution in [0.25, 0.3) is 0 Å². The van der Waals surface area contributed by atoms with Gasteiger partial charge in [-0.3, -0.25) is 9.69 Å². The van der Waals surface area contributed by atoms with E-state index in [1.807, 2.05) is 6.07 Å². The van der Waals surface area contributed by atoms with Gasteiger partial charge in [0.25, 0.3) is 0 Å². The first-order valence-corrected chi connectivity index (χ1v) is 10.1. The molecule has 158 valence electrons. The van der Waals surface area contributed by atoms with Gasteiger partial charge >= 0.3 is 0 Å². The van der Waals surface area contributed by atoms with Gasteiger partial charge in [0.05, 0.1) is 13.1 Å². The molecule has 0 aromatic heterocycles. The fourth-order valence-corrected chi connectivity index (χ4v) is 3.53. The lowest BCUT2D eigenvalue weighted by Crippen LogP contribution is -2.47. The average molecular weight is 542 g/mol. The Bertz CT molecular complexity index is 672. The van der Waals surface area contributed by atoms with Crippen LogP contribution in [0.1, 0.15) is 25.3 Å². The second kappa shape index (κ2) is 12.7. The highest BCUT2D eigenvalue weighted by Crippen LogP contribution is 2.21. The number of benzene rings is 1. The Kier molecular flexibility index (Phi) is 11.5. The van der Waals surface area contributed by atoms with Crippen LogP contribution in [-0.2, 0) is 11.3 Å². The third-order valence-electron chi connectivity index (χ3n) is 4.74. The normalized spacial score (nSPS) is 17.2. The molecule has 1 atom stereocenters. The highest BCUT2D eigenvalue weighted by Gasteiger charge is 2.22. The molecule has 1 heterocycles. The van der Waals surface area contributed by atoms with Crippen LogP contribution in [0.3, 0.4) is 0 Å². The number of carbonyl (C=O) groups is 1. The first-order valence-electron chi connectivity index (χ1n) is 9.31. The molecule has 0 spiro atoms. The summed E-state index contributed by atoms with van der Waals surface area (Å²) in [4.78, 5) is 20.5. The number of nitrogens with one attached hydrogen (secondary N) is 2. The maximum atomic E-state index is 11.9. The highest BCUT2D eigenvalue weighted by atomic mass is 127. The van der Waals surface area contributed by atoms with Crippen molar-refractivity contribution in [3.05, 3.63) is 33.8 Å². The van der Waals surface area contributed by atoms with E-state index >= 15 is 0 Å². The van der Waals surface area contributed by atoms with Gasteiger partial charge in [-0.1, -0.05) is 36.2 Å². The largest absolute Gasteiger partial charge is 0.355 e. The van der Waals surface area contributed by atoms with Gasteiger partial charge in [0.15, 0.2) is 5.96 Å². The van der Waals surface area contributed by atoms with Crippen LogP contribution in [0.5, 0.6) is 0 Å². The quantitative estimate of drug-likeness (QED) is 0.316. The highest BCUT2D eigenvalue weighted by molar-refractivity contribution is 14.0. The van der Waals surface area contributed by atoms with E-state index in [0.29, 0.717) is 28.6 Å². The van der Waals surface area contributed by atoms with Crippen molar-refractivity contribution in [2.45, 2.75) is 32.4 Å². The van der Waals surface area contributed by atoms with Gasteiger partial charge in [-0.25, -0.2) is 4.99 Å². The van der Waals surface area contributed by atoms with Gasteiger partial charge in [0, 0.05) is 36.7 Å². The van der Waals surface area contributed by atoms with Crippen molar-refractivity contribution in [1.82, 2.24) is 20.4 Å². The summed E-state index contributed by atoms with van der Waals surface area (Å²) in [5.74, 6) is 0.601. The van der Waals surface area contributed by atoms with Gasteiger partial charge in [0.2, 0.25) is 5.91 Å². The van der Waals surface area contributed by atoms with Crippen LogP contribution in [0.15, 0.2) is 23.2 Å². The van der Waals surface area contributed by atoms with E-state index in [4.69, 9.17) is 23.2 Å². The molecule has 2 rings (SSSR count). The lowest BCUT2D eigenvalue weighted by molar-refractivity contribution is -0.127. The zero-order chi connectivity index (χ0) is 19.8. The lowest BCUT2D eigenvalue weighted by atomic mass is 10.2. The maximum Gasteiger partial charge on any atom is 0.241 e. The molecule has 1 saturated heterocycles. The molecule has 2 N–H and O–H groups in total. The Morgan fingerprint density at radius 1 is 1.32 bits per heavy atom. The van der Waals surface area contributed by atoms with E-state index in [1.54, 1.807) is 31.1 Å². The van der Waals surface area contributed by atoms with E-state index in [0.717, 1.165) is 25.2 Å². The van der Waals surface area contributed by atoms with Crippen molar-refractivity contribution < 1.29 is 4.79 Å². The Labute approximate surface area is 195 Å². The summed E-state index contributed by atoms with van der Waals surface area (Å²) >= 11 is 12.2. The molecule has 1 fully saturated rings. The van der Waals surface area contributed by atoms with Crippen molar-refractivity contribution in [1.29, 1.82) is 0 Å². The molecule has 1 aromatic carbocycles. The molecule has 1 unspecified atom stereocenters. The summed E-state index contributed by atoms with van der Waals surface area (Å²) in [5.41, 5.74) is 0.886. The number of amides is 1. The van der Waals surface area contributed by atoms with Gasteiger partial charge in [-0.15, -0.1) is 24.0 Å². The van der Waals surface area contributed by atoms with Crippen molar-refractivity contribution >= 4 is 59.0 Å². The molecule has 0 radical (unpaired) electrons. The molecule has 1 aliphatic heterocycles. The average Bonchev–Trinajstić information content (AvgIpc) is 3.09. The Morgan fingerprint density at radius 2 is 2.07 bits per heavy atom. The van der Waals surface area contributed by atoms with Crippen molar-refractivity contribution in [2.24, 2.45) is 4.99 Å². The molecule has 1 aliphatic rings. The molecule has 0 saturated carbocycles. The summed E-state index contributed by atoms with van der Waals surface area (Å²) in [7, 11) is 3.47. The first kappa shape index (κ1) is 25.3. The number of rotatable bonds is 7. The SMILES string of the molecule is CCN1CCCC1CNC(=NCc1ccc(Cl)cc1Cl)NCC(=O)N(C)C.I. The van der Waals surface area contributed by atoms with Gasteiger partial charge in [0.1, 0.15) is 0 Å². The standard InChI is InChI=1S/C19H29Cl2N5O.HI/c1-4-26-9-5-6-16(26)12-23-19(24-13-18(27)25(2)3)22-11-14-7-8-15(20)10-17(14)21;/h7-8,10,16H,4-6,9,11-13H2,1-3H3,(H2,22,23,24);1H. The third kappa shape index (κ3) is 7.93. The number of nitrogens with zero attached hydrogens (tertiary/aromatic N) is 3. The minimum absolute atomic E-state index is 0. The Hall–Kier alpha value is -0.770. The van der Waals surface area contributed by atoms with Gasteiger partial charge in [-0.2, -0.15) is 0 Å². The Balaban J connectivity index is 0.00000392. The van der Waals surface area contributed by atoms with Crippen LogP contribution < -0.4 is 10.6 Å². The Morgan fingerprint density at radius 3 is 2.71 bits per heavy atom.